The van der Waals surface area contributed by atoms with E-state index in [4.69, 9.17) is 0 Å². The number of rotatable bonds is 6. The Hall–Kier alpha value is -3.88. The first kappa shape index (κ1) is 28.9. The highest BCUT2D eigenvalue weighted by molar-refractivity contribution is 8.02. The van der Waals surface area contributed by atoms with Gasteiger partial charge in [-0.25, -0.2) is 0 Å². The van der Waals surface area contributed by atoms with Crippen molar-refractivity contribution in [3.05, 3.63) is 97.1 Å². The summed E-state index contributed by atoms with van der Waals surface area (Å²) in [6, 6.07) is 22.2. The lowest BCUT2D eigenvalue weighted by molar-refractivity contribution is -0.142. The zero-order chi connectivity index (χ0) is 30.6. The molecule has 0 radical (unpaired) electrons. The lowest BCUT2D eigenvalue weighted by atomic mass is 9.78. The highest BCUT2D eigenvalue weighted by atomic mass is 32.2. The fraction of sp³-hybridized carbons (Fsp3) is 0.361. The van der Waals surface area contributed by atoms with E-state index in [0.29, 0.717) is 19.5 Å². The molecule has 2 saturated heterocycles. The standard InChI is InChI=1S/C36H37N3O4S/c1-23(2)20-28(22-40)39-32-35(43)38(27-16-15-24-10-6-7-11-25(24)21-27)19-9-17-36(32)31(34(39)42)30-29(44-36)14-8-18-37(33(30)41)26-12-4-3-5-13-26/h3-17,21,23,28-32,40H,18-20,22H2,1-2H3/t28-,29+,30-,31+,32?,36+/m1/s1. The van der Waals surface area contributed by atoms with E-state index >= 15 is 0 Å². The van der Waals surface area contributed by atoms with Crippen LogP contribution in [0.1, 0.15) is 20.3 Å². The Morgan fingerprint density at radius 3 is 2.30 bits per heavy atom. The Kier molecular flexibility index (Phi) is 7.37. The minimum Gasteiger partial charge on any atom is -0.394 e. The van der Waals surface area contributed by atoms with Crippen LogP contribution in [0.15, 0.2) is 97.1 Å². The largest absolute Gasteiger partial charge is 0.394 e. The Bertz CT molecular complexity index is 1670. The molecular formula is C36H37N3O4S. The van der Waals surface area contributed by atoms with Crippen LogP contribution in [0, 0.1) is 17.8 Å². The van der Waals surface area contributed by atoms with Crippen molar-refractivity contribution in [3.63, 3.8) is 0 Å². The monoisotopic (exact) mass is 607 g/mol. The van der Waals surface area contributed by atoms with Gasteiger partial charge in [-0.15, -0.1) is 11.8 Å². The molecule has 4 heterocycles. The number of aliphatic hydroxyl groups is 1. The van der Waals surface area contributed by atoms with E-state index < -0.39 is 28.7 Å². The number of amides is 3. The van der Waals surface area contributed by atoms with Gasteiger partial charge in [-0.2, -0.15) is 0 Å². The molecule has 0 aliphatic carbocycles. The zero-order valence-corrected chi connectivity index (χ0v) is 25.8. The van der Waals surface area contributed by atoms with Crippen LogP contribution < -0.4 is 9.80 Å². The normalized spacial score (nSPS) is 28.7. The number of anilines is 2. The molecule has 7 rings (SSSR count). The summed E-state index contributed by atoms with van der Waals surface area (Å²) >= 11 is 1.57. The molecule has 8 heteroatoms. The van der Waals surface area contributed by atoms with Gasteiger partial charge in [0, 0.05) is 29.7 Å². The van der Waals surface area contributed by atoms with Crippen molar-refractivity contribution < 1.29 is 19.5 Å². The molecule has 3 aromatic rings. The van der Waals surface area contributed by atoms with E-state index in [2.05, 4.69) is 19.9 Å². The minimum absolute atomic E-state index is 0.101. The molecule has 0 aromatic heterocycles. The van der Waals surface area contributed by atoms with Crippen molar-refractivity contribution >= 4 is 51.6 Å². The second kappa shape index (κ2) is 11.2. The first-order valence-corrected chi connectivity index (χ1v) is 16.3. The number of nitrogens with zero attached hydrogens (tertiary/aromatic N) is 3. The van der Waals surface area contributed by atoms with Gasteiger partial charge in [-0.1, -0.05) is 86.7 Å². The summed E-state index contributed by atoms with van der Waals surface area (Å²) in [5.41, 5.74) is 1.55. The lowest BCUT2D eigenvalue weighted by Gasteiger charge is -2.39. The molecule has 226 valence electrons. The average molecular weight is 608 g/mol. The first-order chi connectivity index (χ1) is 21.3. The van der Waals surface area contributed by atoms with Crippen LogP contribution in [-0.2, 0) is 14.4 Å². The second-order valence-corrected chi connectivity index (χ2v) is 14.1. The first-order valence-electron chi connectivity index (χ1n) is 15.5. The number of hydrogen-bond donors (Lipinski definition) is 1. The summed E-state index contributed by atoms with van der Waals surface area (Å²) in [5, 5.41) is 12.5. The van der Waals surface area contributed by atoms with Gasteiger partial charge in [0.25, 0.3) is 5.91 Å². The maximum Gasteiger partial charge on any atom is 0.251 e. The number of fused-ring (bicyclic) bond motifs is 3. The number of aliphatic hydroxyl groups excluding tert-OH is 1. The highest BCUT2D eigenvalue weighted by Crippen LogP contribution is 2.61. The molecule has 3 aromatic carbocycles. The molecule has 2 fully saturated rings. The quantitative estimate of drug-likeness (QED) is 0.397. The highest BCUT2D eigenvalue weighted by Gasteiger charge is 2.71. The number of carbonyl (C=O) groups is 3. The number of carbonyl (C=O) groups excluding carboxylic acids is 3. The van der Waals surface area contributed by atoms with Crippen molar-refractivity contribution in [1.82, 2.24) is 4.90 Å². The van der Waals surface area contributed by atoms with E-state index in [1.807, 2.05) is 91.0 Å². The average Bonchev–Trinajstić information content (AvgIpc) is 3.35. The van der Waals surface area contributed by atoms with Crippen molar-refractivity contribution in [3.8, 4) is 0 Å². The number of hydrogen-bond acceptors (Lipinski definition) is 5. The third-order valence-corrected chi connectivity index (χ3v) is 11.3. The number of para-hydroxylation sites is 1. The topological polar surface area (TPSA) is 81.2 Å². The third kappa shape index (κ3) is 4.49. The van der Waals surface area contributed by atoms with Crippen LogP contribution in [0.2, 0.25) is 0 Å². The third-order valence-electron chi connectivity index (χ3n) is 9.56. The van der Waals surface area contributed by atoms with E-state index in [9.17, 15) is 19.5 Å². The Labute approximate surface area is 262 Å². The Morgan fingerprint density at radius 2 is 1.55 bits per heavy atom. The van der Waals surface area contributed by atoms with Gasteiger partial charge in [0.05, 0.1) is 29.2 Å². The summed E-state index contributed by atoms with van der Waals surface area (Å²) in [4.78, 5) is 49.3. The number of likely N-dealkylation sites (tertiary alicyclic amines) is 1. The van der Waals surface area contributed by atoms with Gasteiger partial charge < -0.3 is 19.8 Å². The molecule has 0 saturated carbocycles. The maximum atomic E-state index is 14.9. The van der Waals surface area contributed by atoms with Crippen molar-refractivity contribution in [1.29, 1.82) is 0 Å². The van der Waals surface area contributed by atoms with Crippen molar-refractivity contribution in [2.75, 3.05) is 29.5 Å². The number of benzene rings is 3. The second-order valence-electron chi connectivity index (χ2n) is 12.6. The van der Waals surface area contributed by atoms with Crippen LogP contribution in [0.4, 0.5) is 11.4 Å². The zero-order valence-electron chi connectivity index (χ0n) is 25.0. The SMILES string of the molecule is CC(C)C[C@H](CO)N1C(=O)[C@@H]2[C@@H]3C(=O)N(c4ccccc4)CC=C[C@@H]3S[C@@]23C=CCN(c2ccc4ccccc4c2)C(=O)C13. The molecule has 6 atom stereocenters. The van der Waals surface area contributed by atoms with Crippen molar-refractivity contribution in [2.24, 2.45) is 17.8 Å². The smallest absolute Gasteiger partial charge is 0.251 e. The molecule has 4 aliphatic heterocycles. The molecule has 0 bridgehead atoms. The molecule has 1 spiro atoms. The van der Waals surface area contributed by atoms with E-state index in [0.717, 1.165) is 22.1 Å². The molecule has 7 nitrogen and oxygen atoms in total. The maximum absolute atomic E-state index is 14.9. The van der Waals surface area contributed by atoms with Crippen LogP contribution in [0.5, 0.6) is 0 Å². The summed E-state index contributed by atoms with van der Waals surface area (Å²) in [6.45, 7) is 4.64. The predicted molar refractivity (Wildman–Crippen MR) is 175 cm³/mol. The fourth-order valence-corrected chi connectivity index (χ4v) is 9.70. The molecule has 3 amide bonds. The summed E-state index contributed by atoms with van der Waals surface area (Å²) in [7, 11) is 0. The summed E-state index contributed by atoms with van der Waals surface area (Å²) in [5.74, 6) is -1.67. The van der Waals surface area contributed by atoms with Crippen molar-refractivity contribution in [2.45, 2.75) is 42.3 Å². The van der Waals surface area contributed by atoms with Crippen LogP contribution in [0.25, 0.3) is 10.8 Å². The predicted octanol–water partition coefficient (Wildman–Crippen LogP) is 5.05. The Morgan fingerprint density at radius 1 is 0.841 bits per heavy atom. The molecular weight excluding hydrogens is 570 g/mol. The Balaban J connectivity index is 1.34. The van der Waals surface area contributed by atoms with Crippen LogP contribution in [0.3, 0.4) is 0 Å². The number of thioether (sulfide) groups is 1. The van der Waals surface area contributed by atoms with E-state index in [1.165, 1.54) is 0 Å². The van der Waals surface area contributed by atoms with E-state index in [-0.39, 0.29) is 35.5 Å². The molecule has 4 aliphatic rings. The molecule has 1 unspecified atom stereocenters. The van der Waals surface area contributed by atoms with Crippen LogP contribution in [-0.4, -0.2) is 69.5 Å². The molecule has 44 heavy (non-hydrogen) atoms. The summed E-state index contributed by atoms with van der Waals surface area (Å²) in [6.07, 6.45) is 8.65. The summed E-state index contributed by atoms with van der Waals surface area (Å²) < 4.78 is -0.945. The minimum atomic E-state index is -0.945. The fourth-order valence-electron chi connectivity index (χ4n) is 7.71. The van der Waals surface area contributed by atoms with E-state index in [1.54, 1.807) is 26.5 Å². The van der Waals surface area contributed by atoms with Gasteiger partial charge in [0.15, 0.2) is 0 Å². The van der Waals surface area contributed by atoms with Gasteiger partial charge in [0.2, 0.25) is 11.8 Å². The van der Waals surface area contributed by atoms with Gasteiger partial charge in [-0.3, -0.25) is 14.4 Å². The van der Waals surface area contributed by atoms with Gasteiger partial charge in [-0.05, 0) is 47.4 Å². The van der Waals surface area contributed by atoms with Crippen LogP contribution >= 0.6 is 11.8 Å². The van der Waals surface area contributed by atoms with Gasteiger partial charge >= 0.3 is 0 Å². The van der Waals surface area contributed by atoms with Gasteiger partial charge in [0.1, 0.15) is 6.04 Å². The molecule has 1 N–H and O–H groups in total. The lowest BCUT2D eigenvalue weighted by Crippen LogP contribution is -2.57.